The third-order valence-electron chi connectivity index (χ3n) is 3.82. The number of nitrogens with one attached hydrogen (secondary N) is 2. The SMILES string of the molecule is COc1ccc(CN=C(NCC(=O)N(C)C)NCc2cccs2)c(OC)c1.I. The van der Waals surface area contributed by atoms with Gasteiger partial charge in [-0.2, -0.15) is 0 Å². The first-order valence-corrected chi connectivity index (χ1v) is 9.37. The van der Waals surface area contributed by atoms with Gasteiger partial charge in [-0.3, -0.25) is 4.79 Å². The second-order valence-corrected chi connectivity index (χ2v) is 6.95. The van der Waals surface area contributed by atoms with E-state index in [4.69, 9.17) is 9.47 Å². The van der Waals surface area contributed by atoms with Crippen LogP contribution >= 0.6 is 35.3 Å². The summed E-state index contributed by atoms with van der Waals surface area (Å²) in [6, 6.07) is 9.67. The van der Waals surface area contributed by atoms with E-state index >= 15 is 0 Å². The van der Waals surface area contributed by atoms with Gasteiger partial charge in [-0.25, -0.2) is 4.99 Å². The Morgan fingerprint density at radius 2 is 1.96 bits per heavy atom. The molecule has 1 aromatic heterocycles. The molecule has 0 spiro atoms. The Balaban J connectivity index is 0.00000392. The van der Waals surface area contributed by atoms with Crippen LogP contribution in [0.3, 0.4) is 0 Å². The van der Waals surface area contributed by atoms with Gasteiger partial charge in [0.1, 0.15) is 11.5 Å². The second-order valence-electron chi connectivity index (χ2n) is 5.92. The summed E-state index contributed by atoms with van der Waals surface area (Å²) in [6.45, 7) is 1.21. The van der Waals surface area contributed by atoms with Gasteiger partial charge in [0.05, 0.1) is 33.9 Å². The molecule has 2 rings (SSSR count). The molecule has 0 aliphatic heterocycles. The van der Waals surface area contributed by atoms with Gasteiger partial charge < -0.3 is 25.0 Å². The topological polar surface area (TPSA) is 75.2 Å². The Labute approximate surface area is 187 Å². The molecule has 9 heteroatoms. The molecule has 0 aliphatic rings. The number of hydrogen-bond donors (Lipinski definition) is 2. The lowest BCUT2D eigenvalue weighted by atomic mass is 10.2. The Morgan fingerprint density at radius 3 is 2.57 bits per heavy atom. The van der Waals surface area contributed by atoms with E-state index in [0.717, 1.165) is 11.3 Å². The molecule has 1 aromatic carbocycles. The first kappa shape index (κ1) is 24.0. The predicted octanol–water partition coefficient (Wildman–Crippen LogP) is 2.71. The molecule has 1 amide bonds. The Bertz CT molecular complexity index is 767. The molecule has 154 valence electrons. The molecule has 0 unspecified atom stereocenters. The van der Waals surface area contributed by atoms with Crippen LogP contribution in [0.15, 0.2) is 40.7 Å². The normalized spacial score (nSPS) is 10.6. The number of carbonyl (C=O) groups excluding carboxylic acids is 1. The number of carbonyl (C=O) groups is 1. The lowest BCUT2D eigenvalue weighted by molar-refractivity contribution is -0.127. The van der Waals surface area contributed by atoms with Crippen molar-refractivity contribution in [2.75, 3.05) is 34.9 Å². The molecule has 28 heavy (non-hydrogen) atoms. The van der Waals surface area contributed by atoms with Gasteiger partial charge in [0.15, 0.2) is 5.96 Å². The number of aliphatic imine (C=N–C) groups is 1. The Hall–Kier alpha value is -2.01. The standard InChI is InChI=1S/C19H26N4O3S.HI/c1-23(2)18(24)13-22-19(21-12-16-6-5-9-27-16)20-11-14-7-8-15(25-3)10-17(14)26-4;/h5-10H,11-13H2,1-4H3,(H2,20,21,22);1H. The van der Waals surface area contributed by atoms with Crippen LogP contribution < -0.4 is 20.1 Å². The van der Waals surface area contributed by atoms with Crippen molar-refractivity contribution in [2.24, 2.45) is 4.99 Å². The van der Waals surface area contributed by atoms with Gasteiger partial charge in [-0.05, 0) is 23.6 Å². The zero-order valence-electron chi connectivity index (χ0n) is 16.5. The quantitative estimate of drug-likeness (QED) is 0.320. The molecule has 0 atom stereocenters. The molecule has 2 aromatic rings. The van der Waals surface area contributed by atoms with Crippen molar-refractivity contribution in [3.05, 3.63) is 46.2 Å². The lowest BCUT2D eigenvalue weighted by Crippen LogP contribution is -2.42. The number of ether oxygens (including phenoxy) is 2. The maximum atomic E-state index is 11.9. The third-order valence-corrected chi connectivity index (χ3v) is 4.69. The van der Waals surface area contributed by atoms with Crippen molar-refractivity contribution >= 4 is 47.2 Å². The van der Waals surface area contributed by atoms with E-state index in [0.29, 0.717) is 24.8 Å². The largest absolute Gasteiger partial charge is 0.497 e. The van der Waals surface area contributed by atoms with Crippen LogP contribution in [0, 0.1) is 0 Å². The summed E-state index contributed by atoms with van der Waals surface area (Å²) in [6.07, 6.45) is 0. The summed E-state index contributed by atoms with van der Waals surface area (Å²) in [5.41, 5.74) is 0.925. The highest BCUT2D eigenvalue weighted by atomic mass is 127. The molecule has 2 N–H and O–H groups in total. The average Bonchev–Trinajstić information content (AvgIpc) is 3.20. The minimum atomic E-state index is -0.0253. The smallest absolute Gasteiger partial charge is 0.241 e. The summed E-state index contributed by atoms with van der Waals surface area (Å²) >= 11 is 1.66. The van der Waals surface area contributed by atoms with Gasteiger partial charge in [0.2, 0.25) is 5.91 Å². The summed E-state index contributed by atoms with van der Waals surface area (Å²) in [4.78, 5) is 19.2. The minimum Gasteiger partial charge on any atom is -0.497 e. The van der Waals surface area contributed by atoms with Crippen molar-refractivity contribution < 1.29 is 14.3 Å². The van der Waals surface area contributed by atoms with Crippen LogP contribution in [0.2, 0.25) is 0 Å². The van der Waals surface area contributed by atoms with Crippen molar-refractivity contribution in [2.45, 2.75) is 13.1 Å². The van der Waals surface area contributed by atoms with Crippen molar-refractivity contribution in [3.63, 3.8) is 0 Å². The number of halogens is 1. The molecule has 7 nitrogen and oxygen atoms in total. The summed E-state index contributed by atoms with van der Waals surface area (Å²) in [7, 11) is 6.68. The predicted molar refractivity (Wildman–Crippen MR) is 124 cm³/mol. The number of thiophene rings is 1. The molecule has 0 bridgehead atoms. The van der Waals surface area contributed by atoms with E-state index in [-0.39, 0.29) is 36.4 Å². The fraction of sp³-hybridized carbons (Fsp3) is 0.368. The first-order valence-electron chi connectivity index (χ1n) is 8.49. The van der Waals surface area contributed by atoms with Crippen molar-refractivity contribution in [1.82, 2.24) is 15.5 Å². The van der Waals surface area contributed by atoms with E-state index in [1.54, 1.807) is 39.7 Å². The molecular formula is C19H27IN4O3S. The molecule has 0 saturated carbocycles. The number of benzene rings is 1. The maximum Gasteiger partial charge on any atom is 0.241 e. The summed E-state index contributed by atoms with van der Waals surface area (Å²) in [5.74, 6) is 1.98. The van der Waals surface area contributed by atoms with Crippen LogP contribution in [-0.2, 0) is 17.9 Å². The highest BCUT2D eigenvalue weighted by molar-refractivity contribution is 14.0. The molecule has 0 aliphatic carbocycles. The van der Waals surface area contributed by atoms with Crippen LogP contribution in [0.1, 0.15) is 10.4 Å². The lowest BCUT2D eigenvalue weighted by Gasteiger charge is -2.15. The summed E-state index contributed by atoms with van der Waals surface area (Å²) in [5, 5.41) is 8.37. The molecular weight excluding hydrogens is 491 g/mol. The fourth-order valence-corrected chi connectivity index (χ4v) is 2.87. The van der Waals surface area contributed by atoms with E-state index in [2.05, 4.69) is 15.6 Å². The first-order chi connectivity index (χ1) is 13.0. The van der Waals surface area contributed by atoms with E-state index in [1.165, 1.54) is 9.78 Å². The van der Waals surface area contributed by atoms with E-state index < -0.39 is 0 Å². The van der Waals surface area contributed by atoms with Gasteiger partial charge in [0.25, 0.3) is 0 Å². The number of rotatable bonds is 8. The number of methoxy groups -OCH3 is 2. The fourth-order valence-electron chi connectivity index (χ4n) is 2.22. The zero-order chi connectivity index (χ0) is 19.6. The number of nitrogens with zero attached hydrogens (tertiary/aromatic N) is 2. The van der Waals surface area contributed by atoms with Crippen LogP contribution in [0.5, 0.6) is 11.5 Å². The highest BCUT2D eigenvalue weighted by Crippen LogP contribution is 2.25. The van der Waals surface area contributed by atoms with Crippen molar-refractivity contribution in [1.29, 1.82) is 0 Å². The van der Waals surface area contributed by atoms with Gasteiger partial charge in [-0.1, -0.05) is 6.07 Å². The Morgan fingerprint density at radius 1 is 1.18 bits per heavy atom. The summed E-state index contributed by atoms with van der Waals surface area (Å²) < 4.78 is 10.6. The monoisotopic (exact) mass is 518 g/mol. The molecule has 0 fully saturated rings. The van der Waals surface area contributed by atoms with Crippen LogP contribution in [0.25, 0.3) is 0 Å². The molecule has 1 heterocycles. The highest BCUT2D eigenvalue weighted by Gasteiger charge is 2.08. The second kappa shape index (κ2) is 12.4. The molecule has 0 radical (unpaired) electrons. The van der Waals surface area contributed by atoms with E-state index in [1.807, 2.05) is 35.7 Å². The number of guanidine groups is 1. The Kier molecular flexibility index (Phi) is 10.7. The minimum absolute atomic E-state index is 0. The van der Waals surface area contributed by atoms with Crippen molar-refractivity contribution in [3.8, 4) is 11.5 Å². The van der Waals surface area contributed by atoms with Crippen LogP contribution in [0.4, 0.5) is 0 Å². The third kappa shape index (κ3) is 7.55. The zero-order valence-corrected chi connectivity index (χ0v) is 19.7. The van der Waals surface area contributed by atoms with Gasteiger partial charge in [-0.15, -0.1) is 35.3 Å². The maximum absolute atomic E-state index is 11.9. The van der Waals surface area contributed by atoms with Gasteiger partial charge >= 0.3 is 0 Å². The van der Waals surface area contributed by atoms with E-state index in [9.17, 15) is 4.79 Å². The number of likely N-dealkylation sites (N-methyl/N-ethyl adjacent to an activating group) is 1. The van der Waals surface area contributed by atoms with Crippen LogP contribution in [-0.4, -0.2) is 51.6 Å². The average molecular weight is 518 g/mol. The number of amides is 1. The number of hydrogen-bond acceptors (Lipinski definition) is 5. The van der Waals surface area contributed by atoms with Gasteiger partial charge in [0, 0.05) is 30.6 Å². The molecule has 0 saturated heterocycles.